The largest absolute Gasteiger partial charge is 0.460 e. The number of nitrogens with one attached hydrogen (secondary N) is 2. The van der Waals surface area contributed by atoms with Gasteiger partial charge in [0.05, 0.1) is 36.0 Å². The van der Waals surface area contributed by atoms with Gasteiger partial charge in [0, 0.05) is 39.6 Å². The highest BCUT2D eigenvalue weighted by Gasteiger charge is 2.29. The lowest BCUT2D eigenvalue weighted by atomic mass is 10.1. The lowest BCUT2D eigenvalue weighted by Crippen LogP contribution is -2.39. The molecule has 1 aliphatic carbocycles. The molecule has 0 saturated carbocycles. The molecule has 68 heavy (non-hydrogen) atoms. The fourth-order valence-electron chi connectivity index (χ4n) is 7.45. The molecule has 350 valence electrons. The van der Waals surface area contributed by atoms with E-state index in [1.807, 2.05) is 60.7 Å². The number of amides is 2. The Labute approximate surface area is 404 Å². The van der Waals surface area contributed by atoms with Gasteiger partial charge in [0.15, 0.2) is 13.2 Å². The van der Waals surface area contributed by atoms with Crippen molar-refractivity contribution in [2.24, 2.45) is 0 Å². The van der Waals surface area contributed by atoms with Crippen molar-refractivity contribution in [1.29, 1.82) is 0 Å². The van der Waals surface area contributed by atoms with Crippen LogP contribution in [0.4, 0.5) is 26.7 Å². The summed E-state index contributed by atoms with van der Waals surface area (Å²) < 4.78 is 24.5. The van der Waals surface area contributed by atoms with E-state index in [4.69, 9.17) is 18.9 Å². The number of hydrogen-bond donors (Lipinski definition) is 2. The number of esters is 2. The van der Waals surface area contributed by atoms with Crippen LogP contribution in [0.2, 0.25) is 0 Å². The molecule has 1 aliphatic heterocycles. The van der Waals surface area contributed by atoms with Crippen molar-refractivity contribution in [3.8, 4) is 0 Å². The van der Waals surface area contributed by atoms with E-state index in [1.165, 1.54) is 0 Å². The molecule has 4 aromatic carbocycles. The van der Waals surface area contributed by atoms with Gasteiger partial charge < -0.3 is 39.4 Å². The number of para-hydroxylation sites is 4. The number of allylic oxidation sites excluding steroid dienone is 5. The SMILES string of the molecule is C=C(C)C(=O)OCCNC(=O)OCCN1C(=CC=C2CCC(C=Cc3sc4ccccc4[n+]3CCOC(=O)NCCOC(=O)C(=C)C)=C2N(c2ccccc2)c2ccccc2)Sc2ccccc21. The maximum Gasteiger partial charge on any atom is 0.407 e. The summed E-state index contributed by atoms with van der Waals surface area (Å²) in [7, 11) is 0. The molecule has 0 saturated heterocycles. The Morgan fingerprint density at radius 2 is 1.28 bits per heavy atom. The van der Waals surface area contributed by atoms with Gasteiger partial charge >= 0.3 is 24.1 Å². The predicted molar refractivity (Wildman–Crippen MR) is 268 cm³/mol. The number of benzene rings is 4. The summed E-state index contributed by atoms with van der Waals surface area (Å²) in [6.07, 6.45) is 9.12. The fraction of sp³-hybridized carbons (Fsp3) is 0.226. The highest BCUT2D eigenvalue weighted by molar-refractivity contribution is 8.03. The van der Waals surface area contributed by atoms with Crippen LogP contribution in [0.15, 0.2) is 178 Å². The first kappa shape index (κ1) is 48.6. The minimum absolute atomic E-state index is 0.0152. The van der Waals surface area contributed by atoms with Gasteiger partial charge in [-0.2, -0.15) is 4.57 Å². The number of rotatable bonds is 20. The topological polar surface area (TPSA) is 140 Å². The van der Waals surface area contributed by atoms with Gasteiger partial charge in [-0.25, -0.2) is 19.2 Å². The summed E-state index contributed by atoms with van der Waals surface area (Å²) in [6.45, 7) is 11.6. The lowest BCUT2D eigenvalue weighted by Gasteiger charge is -2.28. The quantitative estimate of drug-likeness (QED) is 0.0253. The van der Waals surface area contributed by atoms with Crippen molar-refractivity contribution in [1.82, 2.24) is 10.6 Å². The summed E-state index contributed by atoms with van der Waals surface area (Å²) in [5, 5.41) is 7.26. The van der Waals surface area contributed by atoms with E-state index in [1.54, 1.807) is 36.9 Å². The maximum absolute atomic E-state index is 12.5. The van der Waals surface area contributed by atoms with E-state index in [0.29, 0.717) is 24.2 Å². The Morgan fingerprint density at radius 3 is 1.93 bits per heavy atom. The first-order chi connectivity index (χ1) is 33.1. The molecule has 13 nitrogen and oxygen atoms in total. The van der Waals surface area contributed by atoms with Crippen LogP contribution in [-0.4, -0.2) is 70.2 Å². The van der Waals surface area contributed by atoms with E-state index >= 15 is 0 Å². The minimum atomic E-state index is -0.596. The summed E-state index contributed by atoms with van der Waals surface area (Å²) >= 11 is 3.33. The van der Waals surface area contributed by atoms with Gasteiger partial charge in [-0.15, -0.1) is 0 Å². The molecule has 0 atom stereocenters. The zero-order chi connectivity index (χ0) is 47.8. The van der Waals surface area contributed by atoms with Crippen molar-refractivity contribution in [2.75, 3.05) is 55.9 Å². The third kappa shape index (κ3) is 12.7. The molecule has 0 fully saturated rings. The highest BCUT2D eigenvalue weighted by atomic mass is 32.2. The fourth-order valence-corrected chi connectivity index (χ4v) is 9.63. The number of carbonyl (C=O) groups is 4. The van der Waals surface area contributed by atoms with E-state index < -0.39 is 24.1 Å². The van der Waals surface area contributed by atoms with Crippen LogP contribution in [0, 0.1) is 0 Å². The summed E-state index contributed by atoms with van der Waals surface area (Å²) in [4.78, 5) is 54.0. The molecular formula is C53H54N5O8S2+. The van der Waals surface area contributed by atoms with Gasteiger partial charge in [-0.3, -0.25) is 0 Å². The molecule has 7 rings (SSSR count). The monoisotopic (exact) mass is 952 g/mol. The van der Waals surface area contributed by atoms with Gasteiger partial charge in [0.1, 0.15) is 24.5 Å². The van der Waals surface area contributed by atoms with E-state index in [-0.39, 0.29) is 39.5 Å². The lowest BCUT2D eigenvalue weighted by molar-refractivity contribution is -0.669. The van der Waals surface area contributed by atoms with Crippen molar-refractivity contribution in [2.45, 2.75) is 38.1 Å². The van der Waals surface area contributed by atoms with Crippen molar-refractivity contribution >= 4 is 80.6 Å². The summed E-state index contributed by atoms with van der Waals surface area (Å²) in [5.41, 5.74) is 8.08. The molecule has 15 heteroatoms. The van der Waals surface area contributed by atoms with Crippen LogP contribution in [0.25, 0.3) is 16.3 Å². The average Bonchev–Trinajstić information content (AvgIpc) is 4.03. The van der Waals surface area contributed by atoms with Crippen LogP contribution >= 0.6 is 23.1 Å². The van der Waals surface area contributed by atoms with Crippen LogP contribution in [0.1, 0.15) is 31.7 Å². The number of fused-ring (bicyclic) bond motifs is 2. The Kier molecular flexibility index (Phi) is 17.1. The molecule has 0 bridgehead atoms. The second-order valence-electron chi connectivity index (χ2n) is 15.6. The number of thiazole rings is 1. The summed E-state index contributed by atoms with van der Waals surface area (Å²) in [5.74, 6) is -1.02. The first-order valence-corrected chi connectivity index (χ1v) is 23.9. The van der Waals surface area contributed by atoms with Crippen molar-refractivity contribution in [3.63, 3.8) is 0 Å². The van der Waals surface area contributed by atoms with Crippen molar-refractivity contribution in [3.05, 3.63) is 179 Å². The maximum atomic E-state index is 12.5. The Hall–Kier alpha value is -7.36. The van der Waals surface area contributed by atoms with E-state index in [9.17, 15) is 19.2 Å². The highest BCUT2D eigenvalue weighted by Crippen LogP contribution is 2.47. The number of carbonyl (C=O) groups excluding carboxylic acids is 4. The Balaban J connectivity index is 1.15. The van der Waals surface area contributed by atoms with E-state index in [0.717, 1.165) is 71.9 Å². The number of nitrogens with zero attached hydrogens (tertiary/aromatic N) is 3. The second-order valence-corrected chi connectivity index (χ2v) is 17.8. The van der Waals surface area contributed by atoms with Gasteiger partial charge in [0.25, 0.3) is 5.01 Å². The van der Waals surface area contributed by atoms with Gasteiger partial charge in [-0.05, 0) is 92.5 Å². The average molecular weight is 953 g/mol. The van der Waals surface area contributed by atoms with Gasteiger partial charge in [0.2, 0.25) is 5.52 Å². The number of alkyl carbamates (subject to hydrolysis) is 2. The molecule has 5 aromatic rings. The zero-order valence-corrected chi connectivity index (χ0v) is 39.7. The summed E-state index contributed by atoms with van der Waals surface area (Å²) in [6, 6.07) is 37.1. The number of ether oxygens (including phenoxy) is 4. The molecular weight excluding hydrogens is 899 g/mol. The third-order valence-corrected chi connectivity index (χ3v) is 12.9. The van der Waals surface area contributed by atoms with Crippen molar-refractivity contribution < 1.29 is 42.7 Å². The number of anilines is 3. The van der Waals surface area contributed by atoms with Gasteiger partial charge in [-0.1, -0.05) is 103 Å². The molecule has 0 radical (unpaired) electrons. The molecule has 2 amide bonds. The van der Waals surface area contributed by atoms with Crippen LogP contribution in [-0.2, 0) is 35.1 Å². The zero-order valence-electron chi connectivity index (χ0n) is 38.1. The second kappa shape index (κ2) is 23.9. The number of hydrogen-bond acceptors (Lipinski definition) is 12. The Morgan fingerprint density at radius 1 is 0.691 bits per heavy atom. The molecule has 2 aliphatic rings. The van der Waals surface area contributed by atoms with Crippen LogP contribution in [0.3, 0.4) is 0 Å². The smallest absolute Gasteiger partial charge is 0.407 e. The molecule has 2 N–H and O–H groups in total. The number of thioether (sulfide) groups is 1. The first-order valence-electron chi connectivity index (χ1n) is 22.2. The standard InChI is InChI=1S/C53H53N5O8S2/c1-37(2)50(59)63-33-29-54-52(61)65-35-31-56-43-19-11-13-21-45(43)67-47(56)27-25-39-23-24-40(49(39)58(41-15-7-5-8-16-41)42-17-9-6-10-18-42)26-28-48-57(44-20-12-14-22-46(44)68-48)32-36-66-53(62)55-30-34-64-51(60)38(3)4/h5-22,25-28H,1,3,23-24,29-36H2,2,4H3,(H-,54,55,61,62)/p+1. The molecule has 0 unspecified atom stereocenters. The van der Waals surface area contributed by atoms with E-state index in [2.05, 4.69) is 111 Å². The molecule has 1 aromatic heterocycles. The minimum Gasteiger partial charge on any atom is -0.460 e. The normalized spacial score (nSPS) is 14.3. The molecule has 0 spiro atoms. The number of aromatic nitrogens is 1. The third-order valence-electron chi connectivity index (χ3n) is 10.7. The van der Waals surface area contributed by atoms with Crippen LogP contribution < -0.4 is 25.0 Å². The Bertz CT molecular complexity index is 2740. The molecule has 2 heterocycles. The predicted octanol–water partition coefficient (Wildman–Crippen LogP) is 10.2. The van der Waals surface area contributed by atoms with Crippen LogP contribution in [0.5, 0.6) is 0 Å².